The molecule has 2 N–H and O–H groups in total. The molecule has 4 rings (SSSR count). The molecule has 1 aromatic carbocycles. The predicted octanol–water partition coefficient (Wildman–Crippen LogP) is 4.54. The van der Waals surface area contributed by atoms with E-state index in [4.69, 9.17) is 0 Å². The van der Waals surface area contributed by atoms with E-state index in [-0.39, 0.29) is 5.91 Å². The van der Waals surface area contributed by atoms with Crippen molar-refractivity contribution < 1.29 is 18.0 Å². The minimum absolute atomic E-state index is 0.213. The minimum Gasteiger partial charge on any atom is -0.349 e. The summed E-state index contributed by atoms with van der Waals surface area (Å²) in [6, 6.07) is 6.60. The standard InChI is InChI=1S/C22H23F3N4O/c1-15-4-5-16-14-19(21(30)26-10-13-28-11-2-3-12-28)27-20(16)29(15)18-8-6-17(7-9-18)22(23,24)25/h4-9,14,27H,1-3,10-13H2,(H,26,30). The van der Waals surface area contributed by atoms with Crippen LogP contribution < -0.4 is 10.2 Å². The summed E-state index contributed by atoms with van der Waals surface area (Å²) in [7, 11) is 0. The van der Waals surface area contributed by atoms with Crippen LogP contribution in [0.25, 0.3) is 6.08 Å². The molecule has 3 heterocycles. The van der Waals surface area contributed by atoms with E-state index in [0.29, 0.717) is 29.4 Å². The summed E-state index contributed by atoms with van der Waals surface area (Å²) in [5, 5.41) is 2.92. The molecule has 0 bridgehead atoms. The fraction of sp³-hybridized carbons (Fsp3) is 0.318. The number of alkyl halides is 3. The van der Waals surface area contributed by atoms with E-state index >= 15 is 0 Å². The molecular weight excluding hydrogens is 393 g/mol. The number of fused-ring (bicyclic) bond motifs is 1. The van der Waals surface area contributed by atoms with E-state index in [1.165, 1.54) is 25.0 Å². The van der Waals surface area contributed by atoms with Gasteiger partial charge in [-0.05, 0) is 68.4 Å². The van der Waals surface area contributed by atoms with Gasteiger partial charge in [-0.25, -0.2) is 0 Å². The normalized spacial score (nSPS) is 16.8. The molecule has 5 nitrogen and oxygen atoms in total. The van der Waals surface area contributed by atoms with Crippen molar-refractivity contribution in [3.63, 3.8) is 0 Å². The van der Waals surface area contributed by atoms with Gasteiger partial charge in [0.15, 0.2) is 0 Å². The number of rotatable bonds is 5. The van der Waals surface area contributed by atoms with Gasteiger partial charge < -0.3 is 15.2 Å². The second kappa shape index (κ2) is 8.02. The molecule has 0 radical (unpaired) electrons. The summed E-state index contributed by atoms with van der Waals surface area (Å²) in [6.45, 7) is 7.51. The largest absolute Gasteiger partial charge is 0.416 e. The Labute approximate surface area is 172 Å². The molecule has 0 atom stereocenters. The highest BCUT2D eigenvalue weighted by Crippen LogP contribution is 2.38. The first-order valence-electron chi connectivity index (χ1n) is 9.91. The number of halogens is 3. The number of amides is 1. The second-order valence-electron chi connectivity index (χ2n) is 7.50. The number of aromatic nitrogens is 1. The second-order valence-corrected chi connectivity index (χ2v) is 7.50. The molecule has 1 saturated heterocycles. The van der Waals surface area contributed by atoms with Crippen LogP contribution in [0.2, 0.25) is 0 Å². The van der Waals surface area contributed by atoms with Gasteiger partial charge >= 0.3 is 6.18 Å². The van der Waals surface area contributed by atoms with Crippen LogP contribution in [0, 0.1) is 0 Å². The number of hydrogen-bond acceptors (Lipinski definition) is 3. The van der Waals surface area contributed by atoms with Crippen LogP contribution in [0.4, 0.5) is 24.7 Å². The van der Waals surface area contributed by atoms with Crippen LogP contribution in [0.5, 0.6) is 0 Å². The van der Waals surface area contributed by atoms with E-state index < -0.39 is 11.7 Å². The van der Waals surface area contributed by atoms with Gasteiger partial charge in [-0.2, -0.15) is 13.2 Å². The molecule has 0 saturated carbocycles. The number of hydrogen-bond donors (Lipinski definition) is 2. The molecule has 8 heteroatoms. The lowest BCUT2D eigenvalue weighted by Crippen LogP contribution is -2.33. The van der Waals surface area contributed by atoms with Gasteiger partial charge in [0.05, 0.1) is 5.56 Å². The molecule has 1 aromatic heterocycles. The smallest absolute Gasteiger partial charge is 0.349 e. The van der Waals surface area contributed by atoms with Gasteiger partial charge in [-0.1, -0.05) is 6.58 Å². The minimum atomic E-state index is -4.39. The summed E-state index contributed by atoms with van der Waals surface area (Å²) in [5.74, 6) is 0.391. The third kappa shape index (κ3) is 4.14. The molecule has 30 heavy (non-hydrogen) atoms. The molecule has 0 unspecified atom stereocenters. The van der Waals surface area contributed by atoms with Crippen molar-refractivity contribution in [3.8, 4) is 0 Å². The van der Waals surface area contributed by atoms with Crippen molar-refractivity contribution in [2.75, 3.05) is 31.1 Å². The first-order valence-corrected chi connectivity index (χ1v) is 9.91. The van der Waals surface area contributed by atoms with E-state index in [0.717, 1.165) is 37.3 Å². The Hall–Kier alpha value is -3.00. The van der Waals surface area contributed by atoms with Gasteiger partial charge in [0.25, 0.3) is 5.91 Å². The van der Waals surface area contributed by atoms with Crippen LogP contribution >= 0.6 is 0 Å². The molecule has 2 aliphatic heterocycles. The Bertz CT molecular complexity index is 969. The number of likely N-dealkylation sites (tertiary alicyclic amines) is 1. The van der Waals surface area contributed by atoms with E-state index in [1.807, 2.05) is 6.08 Å². The first-order chi connectivity index (χ1) is 14.3. The van der Waals surface area contributed by atoms with Crippen molar-refractivity contribution >= 4 is 23.5 Å². The Morgan fingerprint density at radius 3 is 2.50 bits per heavy atom. The van der Waals surface area contributed by atoms with Crippen molar-refractivity contribution in [1.82, 2.24) is 15.2 Å². The van der Waals surface area contributed by atoms with Crippen molar-refractivity contribution in [2.24, 2.45) is 0 Å². The number of nitrogens with zero attached hydrogens (tertiary/aromatic N) is 2. The number of nitrogens with one attached hydrogen (secondary N) is 2. The van der Waals surface area contributed by atoms with Crippen LogP contribution in [0.15, 0.2) is 48.7 Å². The summed E-state index contributed by atoms with van der Waals surface area (Å²) < 4.78 is 38.6. The number of allylic oxidation sites excluding steroid dienone is 1. The highest BCUT2D eigenvalue weighted by atomic mass is 19.4. The zero-order valence-corrected chi connectivity index (χ0v) is 16.4. The molecule has 158 valence electrons. The third-order valence-electron chi connectivity index (χ3n) is 5.40. The van der Waals surface area contributed by atoms with Crippen LogP contribution in [0.3, 0.4) is 0 Å². The Morgan fingerprint density at radius 1 is 1.13 bits per heavy atom. The molecule has 1 fully saturated rings. The molecular formula is C22H23F3N4O. The Balaban J connectivity index is 1.50. The van der Waals surface area contributed by atoms with E-state index in [2.05, 4.69) is 21.8 Å². The SMILES string of the molecule is C=C1C=Cc2cc(C(=O)NCCN3CCCC3)[nH]c2N1c1ccc(C(F)(F)F)cc1. The topological polar surface area (TPSA) is 51.4 Å². The number of benzene rings is 1. The van der Waals surface area contributed by atoms with Gasteiger partial charge in [0, 0.05) is 30.0 Å². The number of carbonyl (C=O) groups is 1. The quantitative estimate of drug-likeness (QED) is 0.753. The fourth-order valence-electron chi connectivity index (χ4n) is 3.82. The van der Waals surface area contributed by atoms with Gasteiger partial charge in [0.2, 0.25) is 0 Å². The summed E-state index contributed by atoms with van der Waals surface area (Å²) >= 11 is 0. The Morgan fingerprint density at radius 2 is 1.83 bits per heavy atom. The maximum Gasteiger partial charge on any atom is 0.416 e. The molecule has 2 aromatic rings. The van der Waals surface area contributed by atoms with Crippen LogP contribution in [0.1, 0.15) is 34.5 Å². The zero-order chi connectivity index (χ0) is 21.3. The first kappa shape index (κ1) is 20.3. The third-order valence-corrected chi connectivity index (χ3v) is 5.40. The van der Waals surface area contributed by atoms with Crippen molar-refractivity contribution in [2.45, 2.75) is 19.0 Å². The zero-order valence-electron chi connectivity index (χ0n) is 16.4. The number of aromatic amines is 1. The lowest BCUT2D eigenvalue weighted by Gasteiger charge is -2.27. The lowest BCUT2D eigenvalue weighted by molar-refractivity contribution is -0.137. The highest BCUT2D eigenvalue weighted by Gasteiger charge is 2.31. The average molecular weight is 416 g/mol. The molecule has 0 spiro atoms. The summed E-state index contributed by atoms with van der Waals surface area (Å²) in [6.07, 6.45) is 1.61. The maximum atomic E-state index is 12.9. The molecule has 0 aliphatic carbocycles. The average Bonchev–Trinajstić information content (AvgIpc) is 3.37. The summed E-state index contributed by atoms with van der Waals surface area (Å²) in [5.41, 5.74) is 1.57. The number of H-pyrrole nitrogens is 1. The lowest BCUT2D eigenvalue weighted by atomic mass is 10.1. The van der Waals surface area contributed by atoms with Crippen molar-refractivity contribution in [3.05, 3.63) is 65.5 Å². The summed E-state index contributed by atoms with van der Waals surface area (Å²) in [4.78, 5) is 19.7. The molecule has 1 amide bonds. The van der Waals surface area contributed by atoms with Crippen molar-refractivity contribution in [1.29, 1.82) is 0 Å². The van der Waals surface area contributed by atoms with Crippen LogP contribution in [-0.2, 0) is 6.18 Å². The number of anilines is 2. The maximum absolute atomic E-state index is 12.9. The monoisotopic (exact) mass is 416 g/mol. The van der Waals surface area contributed by atoms with E-state index in [1.54, 1.807) is 17.0 Å². The Kier molecular flexibility index (Phi) is 5.42. The molecule has 2 aliphatic rings. The fourth-order valence-corrected chi connectivity index (χ4v) is 3.82. The number of carbonyl (C=O) groups excluding carboxylic acids is 1. The predicted molar refractivity (Wildman–Crippen MR) is 111 cm³/mol. The van der Waals surface area contributed by atoms with Gasteiger partial charge in [-0.15, -0.1) is 0 Å². The van der Waals surface area contributed by atoms with Crippen LogP contribution in [-0.4, -0.2) is 42.0 Å². The van der Waals surface area contributed by atoms with Gasteiger partial charge in [0.1, 0.15) is 11.5 Å². The highest BCUT2D eigenvalue weighted by molar-refractivity contribution is 5.96. The van der Waals surface area contributed by atoms with Gasteiger partial charge in [-0.3, -0.25) is 9.69 Å². The van der Waals surface area contributed by atoms with E-state index in [9.17, 15) is 18.0 Å².